The van der Waals surface area contributed by atoms with Gasteiger partial charge in [-0.05, 0) is 43.7 Å². The number of halogens is 1. The first-order chi connectivity index (χ1) is 9.65. The molecule has 2 aromatic rings. The van der Waals surface area contributed by atoms with Gasteiger partial charge in [0.1, 0.15) is 5.82 Å². The number of aliphatic hydroxyl groups is 1. The molecular formula is C16H19FN2O. The maximum atomic E-state index is 13.3. The Morgan fingerprint density at radius 3 is 2.55 bits per heavy atom. The van der Waals surface area contributed by atoms with Crippen molar-refractivity contribution in [3.8, 4) is 0 Å². The van der Waals surface area contributed by atoms with Gasteiger partial charge in [0.05, 0.1) is 23.7 Å². The zero-order chi connectivity index (χ0) is 14.5. The van der Waals surface area contributed by atoms with Crippen LogP contribution < -0.4 is 4.90 Å². The number of hydrogen-bond acceptors (Lipinski definition) is 3. The van der Waals surface area contributed by atoms with Crippen LogP contribution in [0.2, 0.25) is 0 Å². The molecule has 3 nitrogen and oxygen atoms in total. The van der Waals surface area contributed by atoms with E-state index in [1.54, 1.807) is 12.3 Å². The number of aromatic nitrogens is 1. The summed E-state index contributed by atoms with van der Waals surface area (Å²) in [5.41, 5.74) is 2.33. The normalized spacial score (nSPS) is 12.2. The van der Waals surface area contributed by atoms with Crippen molar-refractivity contribution in [3.05, 3.63) is 54.1 Å². The van der Waals surface area contributed by atoms with Crippen molar-refractivity contribution in [3.63, 3.8) is 0 Å². The van der Waals surface area contributed by atoms with E-state index in [1.165, 1.54) is 12.1 Å². The Balaban J connectivity index is 2.28. The quantitative estimate of drug-likeness (QED) is 0.900. The summed E-state index contributed by atoms with van der Waals surface area (Å²) in [7, 11) is 0. The zero-order valence-corrected chi connectivity index (χ0v) is 11.8. The summed E-state index contributed by atoms with van der Waals surface area (Å²) < 4.78 is 13.3. The van der Waals surface area contributed by atoms with Gasteiger partial charge in [-0.1, -0.05) is 13.0 Å². The molecule has 1 N–H and O–H groups in total. The van der Waals surface area contributed by atoms with Crippen molar-refractivity contribution in [2.75, 3.05) is 11.4 Å². The Bertz CT molecular complexity index is 557. The zero-order valence-electron chi connectivity index (χ0n) is 11.8. The number of benzene rings is 1. The van der Waals surface area contributed by atoms with Gasteiger partial charge in [0.15, 0.2) is 0 Å². The molecule has 1 heterocycles. The third-order valence-electron chi connectivity index (χ3n) is 3.25. The fourth-order valence-corrected chi connectivity index (χ4v) is 2.12. The molecule has 1 aromatic heterocycles. The van der Waals surface area contributed by atoms with Crippen molar-refractivity contribution in [1.29, 1.82) is 0 Å². The highest BCUT2D eigenvalue weighted by atomic mass is 19.1. The summed E-state index contributed by atoms with van der Waals surface area (Å²) in [6.45, 7) is 4.62. The average Bonchev–Trinajstić information content (AvgIpc) is 2.48. The van der Waals surface area contributed by atoms with E-state index in [2.05, 4.69) is 4.98 Å². The highest BCUT2D eigenvalue weighted by Crippen LogP contribution is 2.26. The van der Waals surface area contributed by atoms with E-state index in [0.29, 0.717) is 18.7 Å². The van der Waals surface area contributed by atoms with E-state index in [9.17, 15) is 9.50 Å². The fourth-order valence-electron chi connectivity index (χ4n) is 2.12. The van der Waals surface area contributed by atoms with Crippen LogP contribution in [0.3, 0.4) is 0 Å². The highest BCUT2D eigenvalue weighted by Gasteiger charge is 2.10. The molecule has 20 heavy (non-hydrogen) atoms. The van der Waals surface area contributed by atoms with E-state index in [4.69, 9.17) is 0 Å². The van der Waals surface area contributed by atoms with Crippen LogP contribution in [0.25, 0.3) is 0 Å². The smallest absolute Gasteiger partial charge is 0.125 e. The first-order valence-electron chi connectivity index (χ1n) is 6.82. The Morgan fingerprint density at radius 2 is 2.00 bits per heavy atom. The van der Waals surface area contributed by atoms with Crippen molar-refractivity contribution >= 4 is 11.4 Å². The van der Waals surface area contributed by atoms with Gasteiger partial charge in [-0.25, -0.2) is 4.39 Å². The number of anilines is 2. The molecular weight excluding hydrogens is 255 g/mol. The second kappa shape index (κ2) is 6.48. The van der Waals surface area contributed by atoms with Crippen LogP contribution >= 0.6 is 0 Å². The third kappa shape index (κ3) is 3.14. The predicted molar refractivity (Wildman–Crippen MR) is 78.6 cm³/mol. The summed E-state index contributed by atoms with van der Waals surface area (Å²) in [6, 6.07) is 10.2. The van der Waals surface area contributed by atoms with Crippen LogP contribution in [0.15, 0.2) is 42.6 Å². The Morgan fingerprint density at radius 1 is 1.20 bits per heavy atom. The molecule has 0 aliphatic heterocycles. The number of hydrogen-bond donors (Lipinski definition) is 1. The third-order valence-corrected chi connectivity index (χ3v) is 3.25. The van der Waals surface area contributed by atoms with Crippen LogP contribution in [-0.2, 0) is 0 Å². The summed E-state index contributed by atoms with van der Waals surface area (Å²) in [4.78, 5) is 6.25. The molecule has 2 rings (SSSR count). The Labute approximate surface area is 118 Å². The maximum absolute atomic E-state index is 13.3. The second-order valence-corrected chi connectivity index (χ2v) is 4.59. The minimum absolute atomic E-state index is 0.257. The van der Waals surface area contributed by atoms with Crippen molar-refractivity contribution in [1.82, 2.24) is 4.98 Å². The predicted octanol–water partition coefficient (Wildman–Crippen LogP) is 3.82. The van der Waals surface area contributed by atoms with E-state index < -0.39 is 6.10 Å². The van der Waals surface area contributed by atoms with E-state index in [0.717, 1.165) is 11.4 Å². The first-order valence-corrected chi connectivity index (χ1v) is 6.82. The molecule has 0 unspecified atom stereocenters. The van der Waals surface area contributed by atoms with Crippen LogP contribution in [0, 0.1) is 5.82 Å². The molecule has 0 saturated carbocycles. The van der Waals surface area contributed by atoms with Crippen LogP contribution in [0.4, 0.5) is 15.8 Å². The highest BCUT2D eigenvalue weighted by molar-refractivity contribution is 5.62. The molecule has 1 atom stereocenters. The molecule has 0 aliphatic carbocycles. The molecule has 0 spiro atoms. The molecule has 1 aromatic carbocycles. The van der Waals surface area contributed by atoms with Crippen LogP contribution in [-0.4, -0.2) is 16.6 Å². The summed E-state index contributed by atoms with van der Waals surface area (Å²) in [6.07, 6.45) is 1.81. The number of pyridine rings is 1. The SMILES string of the molecule is CC[C@H](O)c1ccc(N(CC)c2cccc(F)c2)cn1. The molecule has 0 fully saturated rings. The fraction of sp³-hybridized carbons (Fsp3) is 0.312. The van der Waals surface area contributed by atoms with E-state index in [1.807, 2.05) is 36.9 Å². The van der Waals surface area contributed by atoms with Gasteiger partial charge in [0, 0.05) is 12.2 Å². The Hall–Kier alpha value is -1.94. The molecule has 106 valence electrons. The number of nitrogens with zero attached hydrogens (tertiary/aromatic N) is 2. The summed E-state index contributed by atoms with van der Waals surface area (Å²) in [5, 5.41) is 9.74. The lowest BCUT2D eigenvalue weighted by atomic mass is 10.2. The summed E-state index contributed by atoms with van der Waals surface area (Å²) >= 11 is 0. The van der Waals surface area contributed by atoms with E-state index >= 15 is 0 Å². The average molecular weight is 274 g/mol. The van der Waals surface area contributed by atoms with Crippen LogP contribution in [0.1, 0.15) is 32.1 Å². The lowest BCUT2D eigenvalue weighted by Gasteiger charge is -2.23. The van der Waals surface area contributed by atoms with Gasteiger partial charge in [0.2, 0.25) is 0 Å². The molecule has 0 aliphatic rings. The summed E-state index contributed by atoms with van der Waals surface area (Å²) in [5.74, 6) is -0.257. The Kier molecular flexibility index (Phi) is 4.69. The molecule has 0 bridgehead atoms. The minimum atomic E-state index is -0.534. The van der Waals surface area contributed by atoms with Gasteiger partial charge < -0.3 is 10.0 Å². The monoisotopic (exact) mass is 274 g/mol. The van der Waals surface area contributed by atoms with Gasteiger partial charge >= 0.3 is 0 Å². The largest absolute Gasteiger partial charge is 0.387 e. The second-order valence-electron chi connectivity index (χ2n) is 4.59. The minimum Gasteiger partial charge on any atom is -0.387 e. The topological polar surface area (TPSA) is 36.4 Å². The number of rotatable bonds is 5. The van der Waals surface area contributed by atoms with Crippen molar-refractivity contribution in [2.45, 2.75) is 26.4 Å². The molecule has 4 heteroatoms. The maximum Gasteiger partial charge on any atom is 0.125 e. The lowest BCUT2D eigenvalue weighted by Crippen LogP contribution is -2.16. The van der Waals surface area contributed by atoms with Crippen LogP contribution in [0.5, 0.6) is 0 Å². The van der Waals surface area contributed by atoms with E-state index in [-0.39, 0.29) is 5.82 Å². The first kappa shape index (κ1) is 14.5. The number of aliphatic hydroxyl groups excluding tert-OH is 1. The molecule has 0 amide bonds. The molecule has 0 radical (unpaired) electrons. The van der Waals surface area contributed by atoms with Gasteiger partial charge in [-0.15, -0.1) is 0 Å². The lowest BCUT2D eigenvalue weighted by molar-refractivity contribution is 0.169. The molecule has 0 saturated heterocycles. The van der Waals surface area contributed by atoms with Gasteiger partial charge in [0.25, 0.3) is 0 Å². The van der Waals surface area contributed by atoms with Crippen molar-refractivity contribution in [2.24, 2.45) is 0 Å². The van der Waals surface area contributed by atoms with Crippen molar-refractivity contribution < 1.29 is 9.50 Å². The van der Waals surface area contributed by atoms with Gasteiger partial charge in [-0.2, -0.15) is 0 Å². The standard InChI is InChI=1S/C16H19FN2O/c1-3-16(20)15-9-8-14(11-18-15)19(4-2)13-7-5-6-12(17)10-13/h5-11,16,20H,3-4H2,1-2H3/t16-/m0/s1. The van der Waals surface area contributed by atoms with Gasteiger partial charge in [-0.3, -0.25) is 4.98 Å².